The van der Waals surface area contributed by atoms with E-state index in [-0.39, 0.29) is 41.3 Å². The van der Waals surface area contributed by atoms with Gasteiger partial charge in [0.2, 0.25) is 5.91 Å². The molecule has 0 unspecified atom stereocenters. The van der Waals surface area contributed by atoms with Crippen LogP contribution in [0.25, 0.3) is 5.69 Å². The van der Waals surface area contributed by atoms with Crippen molar-refractivity contribution in [2.24, 2.45) is 0 Å². The SMILES string of the molecule is [B][C@@]1(c2ccc(F)cc2)c2c(CNC(=O)/C=C/CN3CCC3)nn(-c3ccccc3)c2N(CC)C(=O)[C@H]1NC(=O)c1cccc(C(F)(F)F)c1. The average Bonchev–Trinajstić information content (AvgIpc) is 3.47. The van der Waals surface area contributed by atoms with Crippen LogP contribution < -0.4 is 15.5 Å². The highest BCUT2D eigenvalue weighted by molar-refractivity contribution is 6.25. The predicted molar refractivity (Wildman–Crippen MR) is 179 cm³/mol. The van der Waals surface area contributed by atoms with E-state index < -0.39 is 46.6 Å². The fourth-order valence-electron chi connectivity index (χ4n) is 6.27. The number of likely N-dealkylation sites (tertiary alicyclic amines) is 1. The molecule has 0 aliphatic carbocycles. The molecule has 9 nitrogen and oxygen atoms in total. The zero-order valence-electron chi connectivity index (χ0n) is 27.1. The van der Waals surface area contributed by atoms with Crippen LogP contribution >= 0.6 is 0 Å². The molecule has 3 heterocycles. The van der Waals surface area contributed by atoms with Gasteiger partial charge in [0.1, 0.15) is 17.7 Å². The number of amides is 3. The van der Waals surface area contributed by atoms with E-state index in [0.29, 0.717) is 18.3 Å². The molecule has 1 saturated heterocycles. The number of hydrogen-bond donors (Lipinski definition) is 2. The lowest BCUT2D eigenvalue weighted by Crippen LogP contribution is -2.64. The zero-order valence-corrected chi connectivity index (χ0v) is 27.1. The lowest BCUT2D eigenvalue weighted by molar-refractivity contribution is -0.137. The Hall–Kier alpha value is -5.24. The smallest absolute Gasteiger partial charge is 0.347 e. The molecule has 1 fully saturated rings. The molecular weight excluding hydrogens is 651 g/mol. The Morgan fingerprint density at radius 3 is 2.40 bits per heavy atom. The van der Waals surface area contributed by atoms with Crippen molar-refractivity contribution in [3.8, 4) is 5.69 Å². The van der Waals surface area contributed by atoms with Crippen molar-refractivity contribution >= 4 is 31.4 Å². The summed E-state index contributed by atoms with van der Waals surface area (Å²) in [4.78, 5) is 44.6. The van der Waals surface area contributed by atoms with Crippen LogP contribution in [0.1, 0.15) is 46.1 Å². The lowest BCUT2D eigenvalue weighted by atomic mass is 9.53. The van der Waals surface area contributed by atoms with Gasteiger partial charge in [-0.1, -0.05) is 42.5 Å². The summed E-state index contributed by atoms with van der Waals surface area (Å²) in [5.74, 6) is -2.38. The third-order valence-electron chi connectivity index (χ3n) is 8.95. The van der Waals surface area contributed by atoms with Gasteiger partial charge in [0.15, 0.2) is 0 Å². The van der Waals surface area contributed by atoms with Crippen molar-refractivity contribution in [2.45, 2.75) is 37.4 Å². The standard InChI is InChI=1S/C36H33BF4N6O3/c1-2-46-33-30(28(44-47(33)27-11-4-3-5-12-27)22-42-29(48)13-7-18-45-19-8-20-45)35(37,24-14-16-26(38)17-15-24)31(34(46)50)43-32(49)23-9-6-10-25(21-23)36(39,40)41/h3-7,9-17,21,31H,2,8,18-20,22H2,1H3,(H,42,48)(H,43,49)/b13-7+/t31-,35+/m1/s1. The summed E-state index contributed by atoms with van der Waals surface area (Å²) < 4.78 is 56.4. The summed E-state index contributed by atoms with van der Waals surface area (Å²) >= 11 is 0. The molecule has 0 spiro atoms. The number of hydrogen-bond acceptors (Lipinski definition) is 5. The van der Waals surface area contributed by atoms with E-state index in [1.54, 1.807) is 43.3 Å². The van der Waals surface area contributed by atoms with Crippen molar-refractivity contribution in [3.05, 3.63) is 125 Å². The Bertz CT molecular complexity index is 1930. The van der Waals surface area contributed by atoms with Gasteiger partial charge in [-0.25, -0.2) is 9.07 Å². The topological polar surface area (TPSA) is 99.6 Å². The first-order valence-corrected chi connectivity index (χ1v) is 16.1. The Morgan fingerprint density at radius 2 is 1.76 bits per heavy atom. The number of anilines is 1. The summed E-state index contributed by atoms with van der Waals surface area (Å²) in [6.45, 7) is 4.22. The minimum absolute atomic E-state index is 0.0881. The van der Waals surface area contributed by atoms with Crippen LogP contribution in [0.5, 0.6) is 0 Å². The molecule has 0 saturated carbocycles. The van der Waals surface area contributed by atoms with Gasteiger partial charge in [-0.05, 0) is 74.5 Å². The van der Waals surface area contributed by atoms with Crippen LogP contribution in [0.15, 0.2) is 91.0 Å². The monoisotopic (exact) mass is 684 g/mol. The van der Waals surface area contributed by atoms with Gasteiger partial charge in [-0.2, -0.15) is 18.3 Å². The maximum atomic E-state index is 14.5. The summed E-state index contributed by atoms with van der Waals surface area (Å²) in [5, 5.41) is 8.33. The van der Waals surface area contributed by atoms with E-state index in [1.807, 2.05) is 0 Å². The number of likely N-dealkylation sites (N-methyl/N-ethyl adjacent to an activating group) is 1. The normalized spacial score (nSPS) is 19.3. The Labute approximate surface area is 287 Å². The lowest BCUT2D eigenvalue weighted by Gasteiger charge is -2.46. The van der Waals surface area contributed by atoms with Gasteiger partial charge < -0.3 is 10.6 Å². The third-order valence-corrected chi connectivity index (χ3v) is 8.95. The molecule has 3 aromatic carbocycles. The number of halogens is 4. The maximum absolute atomic E-state index is 14.5. The number of fused-ring (bicyclic) bond motifs is 1. The molecule has 14 heteroatoms. The molecule has 2 aliphatic rings. The molecule has 4 aromatic rings. The summed E-state index contributed by atoms with van der Waals surface area (Å²) in [7, 11) is 7.30. The van der Waals surface area contributed by atoms with E-state index >= 15 is 0 Å². The number of carbonyl (C=O) groups excluding carboxylic acids is 3. The summed E-state index contributed by atoms with van der Waals surface area (Å²) in [5.41, 5.74) is -0.0992. The molecule has 2 N–H and O–H groups in total. The third kappa shape index (κ3) is 6.67. The highest BCUT2D eigenvalue weighted by Gasteiger charge is 2.53. The first kappa shape index (κ1) is 34.6. The van der Waals surface area contributed by atoms with Gasteiger partial charge in [-0.3, -0.25) is 24.2 Å². The summed E-state index contributed by atoms with van der Waals surface area (Å²) in [6.07, 6.45) is -0.418. The van der Waals surface area contributed by atoms with Crippen LogP contribution in [-0.2, 0) is 27.6 Å². The Morgan fingerprint density at radius 1 is 1.04 bits per heavy atom. The molecule has 2 aliphatic heterocycles. The largest absolute Gasteiger partial charge is 0.416 e. The second-order valence-corrected chi connectivity index (χ2v) is 12.1. The Kier molecular flexibility index (Phi) is 9.65. The van der Waals surface area contributed by atoms with Crippen LogP contribution in [0.3, 0.4) is 0 Å². The number of carbonyl (C=O) groups is 3. The second kappa shape index (κ2) is 13.9. The van der Waals surface area contributed by atoms with E-state index in [4.69, 9.17) is 12.9 Å². The zero-order chi connectivity index (χ0) is 35.6. The predicted octanol–water partition coefficient (Wildman–Crippen LogP) is 4.49. The molecule has 50 heavy (non-hydrogen) atoms. The van der Waals surface area contributed by atoms with Crippen molar-refractivity contribution < 1.29 is 31.9 Å². The maximum Gasteiger partial charge on any atom is 0.416 e. The number of aromatic nitrogens is 2. The van der Waals surface area contributed by atoms with Crippen molar-refractivity contribution in [1.29, 1.82) is 0 Å². The highest BCUT2D eigenvalue weighted by Crippen LogP contribution is 2.46. The molecule has 256 valence electrons. The van der Waals surface area contributed by atoms with Crippen LogP contribution in [0.2, 0.25) is 0 Å². The van der Waals surface area contributed by atoms with Gasteiger partial charge in [-0.15, -0.1) is 0 Å². The van der Waals surface area contributed by atoms with Crippen molar-refractivity contribution in [3.63, 3.8) is 0 Å². The van der Waals surface area contributed by atoms with Crippen molar-refractivity contribution in [1.82, 2.24) is 25.3 Å². The van der Waals surface area contributed by atoms with E-state index in [9.17, 15) is 31.9 Å². The first-order valence-electron chi connectivity index (χ1n) is 16.1. The van der Waals surface area contributed by atoms with Gasteiger partial charge in [0.05, 0.1) is 31.3 Å². The minimum Gasteiger partial charge on any atom is -0.347 e. The van der Waals surface area contributed by atoms with Crippen molar-refractivity contribution in [2.75, 3.05) is 31.1 Å². The molecule has 2 atom stereocenters. The molecule has 0 bridgehead atoms. The van der Waals surface area contributed by atoms with E-state index in [0.717, 1.165) is 43.8 Å². The first-order chi connectivity index (χ1) is 23.9. The number of rotatable bonds is 10. The number of nitrogens with zero attached hydrogens (tertiary/aromatic N) is 4. The van der Waals surface area contributed by atoms with Gasteiger partial charge in [0.25, 0.3) is 11.8 Å². The summed E-state index contributed by atoms with van der Waals surface area (Å²) in [6, 6.07) is 16.2. The minimum atomic E-state index is -4.72. The Balaban J connectivity index is 1.48. The van der Waals surface area contributed by atoms with Crippen LogP contribution in [0, 0.1) is 5.82 Å². The van der Waals surface area contributed by atoms with E-state index in [1.165, 1.54) is 33.9 Å². The number of alkyl halides is 3. The second-order valence-electron chi connectivity index (χ2n) is 12.1. The fraction of sp³-hybridized carbons (Fsp3) is 0.278. The van der Waals surface area contributed by atoms with Gasteiger partial charge in [0, 0.05) is 35.6 Å². The molecule has 6 rings (SSSR count). The number of para-hydroxylation sites is 1. The number of nitrogens with one attached hydrogen (secondary N) is 2. The number of benzene rings is 3. The van der Waals surface area contributed by atoms with Crippen LogP contribution in [-0.4, -0.2) is 72.5 Å². The molecule has 3 amide bonds. The van der Waals surface area contributed by atoms with Crippen LogP contribution in [0.4, 0.5) is 23.4 Å². The quantitative estimate of drug-likeness (QED) is 0.146. The molecule has 2 radical (unpaired) electrons. The highest BCUT2D eigenvalue weighted by atomic mass is 19.4. The fourth-order valence-corrected chi connectivity index (χ4v) is 6.27. The average molecular weight is 685 g/mol. The van der Waals surface area contributed by atoms with E-state index in [2.05, 4.69) is 15.5 Å². The van der Waals surface area contributed by atoms with Gasteiger partial charge >= 0.3 is 6.18 Å². The molecular formula is C36H33BF4N6O3. The molecule has 1 aromatic heterocycles.